The molecule has 0 N–H and O–H groups in total. The largest absolute Gasteiger partial charge is 0.422 e. The standard InChI is InChI=1S/2C36H27NO4S/c2*1-26-21-23-30(24-22-26)42(39,40)37-33-20-12-11-19-31(33)32(35(37)28-15-7-3-8-16-28)25-34(27-13-5-2-6-14-27)41-36(38)29-17-9-4-10-18-29/h2*2-25H,1H3/b2*34-25-. The summed E-state index contributed by atoms with van der Waals surface area (Å²) in [6.07, 6.45) is 3.53. The molecule has 0 saturated heterocycles. The van der Waals surface area contributed by atoms with E-state index in [-0.39, 0.29) is 9.79 Å². The lowest BCUT2D eigenvalue weighted by Crippen LogP contribution is -2.14. The van der Waals surface area contributed by atoms with Crippen LogP contribution >= 0.6 is 0 Å². The summed E-state index contributed by atoms with van der Waals surface area (Å²) in [5.74, 6) is -0.416. The van der Waals surface area contributed by atoms with E-state index in [9.17, 15) is 26.4 Å². The summed E-state index contributed by atoms with van der Waals surface area (Å²) in [6.45, 7) is 3.84. The Labute approximate surface area is 488 Å². The lowest BCUT2D eigenvalue weighted by molar-refractivity contribution is 0.0684. The molecule has 2 heterocycles. The minimum atomic E-state index is -4.03. The number of nitrogens with zero attached hydrogens (tertiary/aromatic N) is 2. The predicted octanol–water partition coefficient (Wildman–Crippen LogP) is 16.4. The van der Waals surface area contributed by atoms with Crippen molar-refractivity contribution in [2.24, 2.45) is 0 Å². The molecule has 2 aromatic heterocycles. The fourth-order valence-electron chi connectivity index (χ4n) is 9.91. The van der Waals surface area contributed by atoms with Gasteiger partial charge in [0.2, 0.25) is 0 Å². The van der Waals surface area contributed by atoms with Crippen molar-refractivity contribution in [3.8, 4) is 22.5 Å². The zero-order valence-corrected chi connectivity index (χ0v) is 47.3. The lowest BCUT2D eigenvalue weighted by atomic mass is 10.0. The second-order valence-electron chi connectivity index (χ2n) is 19.7. The average molecular weight is 1140 g/mol. The summed E-state index contributed by atoms with van der Waals surface area (Å²) in [4.78, 5) is 26.9. The maximum atomic E-state index is 14.3. The van der Waals surface area contributed by atoms with Crippen LogP contribution in [0.5, 0.6) is 0 Å². The van der Waals surface area contributed by atoms with Crippen molar-refractivity contribution in [1.82, 2.24) is 7.94 Å². The van der Waals surface area contributed by atoms with Gasteiger partial charge >= 0.3 is 11.9 Å². The van der Waals surface area contributed by atoms with Crippen LogP contribution in [0.25, 0.3) is 68.0 Å². The van der Waals surface area contributed by atoms with Gasteiger partial charge in [-0.1, -0.05) is 230 Å². The molecule has 0 aliphatic rings. The van der Waals surface area contributed by atoms with Crippen molar-refractivity contribution >= 4 is 77.5 Å². The molecule has 12 rings (SSSR count). The number of carbonyl (C=O) groups excluding carboxylic acids is 2. The van der Waals surface area contributed by atoms with Gasteiger partial charge in [-0.3, -0.25) is 0 Å². The Bertz CT molecular complexity index is 4320. The van der Waals surface area contributed by atoms with Crippen LogP contribution in [-0.2, 0) is 29.5 Å². The van der Waals surface area contributed by atoms with Crippen LogP contribution in [0.1, 0.15) is 54.1 Å². The SMILES string of the molecule is Cc1ccc(S(=O)(=O)n2c(-c3ccccc3)c(/C=C(\OC(=O)c3ccccc3)c3ccccc3)c3ccccc32)cc1.Cc1ccc(S(=O)(=O)n2c(-c3ccccc3)c(/C=C(\OC(=O)c3ccccc3)c3ccccc3)c3ccccc32)cc1. The van der Waals surface area contributed by atoms with E-state index in [2.05, 4.69) is 0 Å². The Kier molecular flexibility index (Phi) is 16.1. The van der Waals surface area contributed by atoms with Gasteiger partial charge < -0.3 is 9.47 Å². The molecule has 0 unspecified atom stereocenters. The first-order valence-electron chi connectivity index (χ1n) is 27.0. The predicted molar refractivity (Wildman–Crippen MR) is 335 cm³/mol. The fourth-order valence-corrected chi connectivity index (χ4v) is 13.0. The Morgan fingerprint density at radius 3 is 0.929 bits per heavy atom. The molecule has 12 aromatic rings. The number of para-hydroxylation sites is 2. The van der Waals surface area contributed by atoms with Gasteiger partial charge in [-0.05, 0) is 97.8 Å². The van der Waals surface area contributed by atoms with Gasteiger partial charge in [-0.25, -0.2) is 34.4 Å². The van der Waals surface area contributed by atoms with Crippen LogP contribution in [0.15, 0.2) is 289 Å². The highest BCUT2D eigenvalue weighted by Gasteiger charge is 2.30. The molecular formula is C72H54N2O8S2. The summed E-state index contributed by atoms with van der Waals surface area (Å²) in [7, 11) is -8.05. The average Bonchev–Trinajstić information content (AvgIpc) is 3.73. The number of ether oxygens (including phenoxy) is 2. The second-order valence-corrected chi connectivity index (χ2v) is 23.3. The van der Waals surface area contributed by atoms with E-state index in [1.54, 1.807) is 121 Å². The van der Waals surface area contributed by atoms with Gasteiger partial charge in [0.1, 0.15) is 11.5 Å². The molecule has 0 aliphatic carbocycles. The quantitative estimate of drug-likeness (QED) is 0.0777. The van der Waals surface area contributed by atoms with E-state index in [0.717, 1.165) is 11.1 Å². The summed E-state index contributed by atoms with van der Waals surface area (Å²) < 4.78 is 72.2. The highest BCUT2D eigenvalue weighted by molar-refractivity contribution is 7.90. The zero-order chi connectivity index (χ0) is 58.2. The first-order valence-corrected chi connectivity index (χ1v) is 29.9. The number of fused-ring (bicyclic) bond motifs is 2. The van der Waals surface area contributed by atoms with Crippen molar-refractivity contribution in [2.45, 2.75) is 23.6 Å². The van der Waals surface area contributed by atoms with Gasteiger partial charge in [-0.15, -0.1) is 0 Å². The van der Waals surface area contributed by atoms with Crippen LogP contribution in [-0.4, -0.2) is 36.7 Å². The molecule has 0 aliphatic heterocycles. The third kappa shape index (κ3) is 11.6. The zero-order valence-electron chi connectivity index (χ0n) is 45.7. The summed E-state index contributed by atoms with van der Waals surface area (Å²) in [6, 6.07) is 83.4. The van der Waals surface area contributed by atoms with Crippen molar-refractivity contribution in [3.63, 3.8) is 0 Å². The minimum Gasteiger partial charge on any atom is -0.422 e. The third-order valence-corrected chi connectivity index (χ3v) is 17.5. The van der Waals surface area contributed by atoms with Crippen LogP contribution in [0.4, 0.5) is 0 Å². The lowest BCUT2D eigenvalue weighted by Gasteiger charge is -2.14. The Hall–Kier alpha value is -10.4. The molecule has 412 valence electrons. The smallest absolute Gasteiger partial charge is 0.343 e. The van der Waals surface area contributed by atoms with Crippen molar-refractivity contribution in [3.05, 3.63) is 324 Å². The van der Waals surface area contributed by atoms with Gasteiger partial charge in [0.25, 0.3) is 20.0 Å². The van der Waals surface area contributed by atoms with E-state index < -0.39 is 32.0 Å². The number of hydrogen-bond donors (Lipinski definition) is 0. The maximum Gasteiger partial charge on any atom is 0.343 e. The molecule has 10 nitrogen and oxygen atoms in total. The number of aryl methyl sites for hydroxylation is 2. The van der Waals surface area contributed by atoms with Crippen LogP contribution < -0.4 is 0 Å². The van der Waals surface area contributed by atoms with Crippen molar-refractivity contribution in [1.29, 1.82) is 0 Å². The Morgan fingerprint density at radius 2 is 0.607 bits per heavy atom. The highest BCUT2D eigenvalue weighted by Crippen LogP contribution is 2.42. The topological polar surface area (TPSA) is 131 Å². The summed E-state index contributed by atoms with van der Waals surface area (Å²) in [5.41, 5.74) is 8.74. The molecule has 0 amide bonds. The van der Waals surface area contributed by atoms with E-state index in [4.69, 9.17) is 9.47 Å². The first kappa shape index (κ1) is 55.5. The second kappa shape index (κ2) is 24.4. The normalized spacial score (nSPS) is 11.9. The van der Waals surface area contributed by atoms with Crippen LogP contribution in [0.3, 0.4) is 0 Å². The minimum absolute atomic E-state index is 0.181. The van der Waals surface area contributed by atoms with Crippen molar-refractivity contribution in [2.75, 3.05) is 0 Å². The Balaban J connectivity index is 0.000000175. The van der Waals surface area contributed by atoms with E-state index in [1.807, 2.05) is 184 Å². The molecule has 0 atom stereocenters. The fraction of sp³-hybridized carbons (Fsp3) is 0.0278. The molecule has 10 aromatic carbocycles. The van der Waals surface area contributed by atoms with Gasteiger partial charge in [0, 0.05) is 33.0 Å². The van der Waals surface area contributed by atoms with Gasteiger partial charge in [0.05, 0.1) is 43.3 Å². The van der Waals surface area contributed by atoms with Crippen LogP contribution in [0.2, 0.25) is 0 Å². The number of rotatable bonds is 14. The van der Waals surface area contributed by atoms with E-state index >= 15 is 0 Å². The first-order chi connectivity index (χ1) is 40.9. The third-order valence-electron chi connectivity index (χ3n) is 14.0. The van der Waals surface area contributed by atoms with E-state index in [1.165, 1.54) is 7.94 Å². The number of hydrogen-bond acceptors (Lipinski definition) is 8. The molecule has 0 spiro atoms. The monoisotopic (exact) mass is 1140 g/mol. The van der Waals surface area contributed by atoms with Gasteiger partial charge in [0.15, 0.2) is 0 Å². The maximum absolute atomic E-state index is 14.3. The Morgan fingerprint density at radius 1 is 0.333 bits per heavy atom. The number of carbonyl (C=O) groups is 2. The molecular weight excluding hydrogens is 1080 g/mol. The van der Waals surface area contributed by atoms with Gasteiger partial charge in [-0.2, -0.15) is 0 Å². The highest BCUT2D eigenvalue weighted by atomic mass is 32.2. The van der Waals surface area contributed by atoms with Crippen molar-refractivity contribution < 1.29 is 35.9 Å². The number of aromatic nitrogens is 2. The number of benzene rings is 10. The summed E-state index contributed by atoms with van der Waals surface area (Å²) in [5, 5.41) is 1.41. The van der Waals surface area contributed by atoms with Crippen LogP contribution in [0, 0.1) is 13.8 Å². The number of esters is 2. The molecule has 0 saturated carbocycles. The molecule has 12 heteroatoms. The summed E-state index contributed by atoms with van der Waals surface area (Å²) >= 11 is 0. The molecule has 84 heavy (non-hydrogen) atoms. The molecule has 0 bridgehead atoms. The molecule has 0 fully saturated rings. The molecule has 0 radical (unpaired) electrons. The van der Waals surface area contributed by atoms with E-state index in [0.29, 0.717) is 89.2 Å².